The van der Waals surface area contributed by atoms with Gasteiger partial charge in [0.05, 0.1) is 14.2 Å². The Kier molecular flexibility index (Phi) is 4.73. The summed E-state index contributed by atoms with van der Waals surface area (Å²) in [5.74, 6) is 1.71. The number of methoxy groups -OCH3 is 2. The maximum Gasteiger partial charge on any atom is 0.119 e. The van der Waals surface area contributed by atoms with Crippen LogP contribution in [0.25, 0.3) is 16.7 Å². The highest BCUT2D eigenvalue weighted by Crippen LogP contribution is 2.36. The Hall–Kier alpha value is -2.19. The Morgan fingerprint density at radius 1 is 0.957 bits per heavy atom. The van der Waals surface area contributed by atoms with Gasteiger partial charge in [-0.1, -0.05) is 29.8 Å². The van der Waals surface area contributed by atoms with Crippen LogP contribution in [0.15, 0.2) is 60.4 Å². The Bertz CT molecular complexity index is 775. The van der Waals surface area contributed by atoms with E-state index in [0.29, 0.717) is 0 Å². The van der Waals surface area contributed by atoms with Gasteiger partial charge in [-0.15, -0.1) is 0 Å². The average Bonchev–Trinajstić information content (AvgIpc) is 2.61. The highest BCUT2D eigenvalue weighted by molar-refractivity contribution is 6.30. The minimum atomic E-state index is 0.718. The number of halogens is 1. The van der Waals surface area contributed by atoms with E-state index in [4.69, 9.17) is 21.1 Å². The molecule has 2 aromatic carbocycles. The molecule has 0 heterocycles. The summed E-state index contributed by atoms with van der Waals surface area (Å²) in [6, 6.07) is 14.0. The summed E-state index contributed by atoms with van der Waals surface area (Å²) in [6.07, 6.45) is 7.17. The largest absolute Gasteiger partial charge is 0.497 e. The molecule has 0 saturated heterocycles. The first kappa shape index (κ1) is 15.7. The van der Waals surface area contributed by atoms with Gasteiger partial charge in [0.1, 0.15) is 11.5 Å². The molecule has 0 saturated carbocycles. The predicted octanol–water partition coefficient (Wildman–Crippen LogP) is 5.54. The van der Waals surface area contributed by atoms with Crippen LogP contribution in [0.4, 0.5) is 0 Å². The van der Waals surface area contributed by atoms with Gasteiger partial charge in [0.2, 0.25) is 0 Å². The molecule has 0 bridgehead atoms. The summed E-state index contributed by atoms with van der Waals surface area (Å²) in [6.45, 7) is 0. The van der Waals surface area contributed by atoms with Crippen molar-refractivity contribution in [3.63, 3.8) is 0 Å². The molecule has 0 aromatic heterocycles. The third-order valence-corrected chi connectivity index (χ3v) is 4.10. The number of rotatable bonds is 4. The molecule has 1 aliphatic rings. The third kappa shape index (κ3) is 3.43. The predicted molar refractivity (Wildman–Crippen MR) is 95.4 cm³/mol. The van der Waals surface area contributed by atoms with Gasteiger partial charge in [0, 0.05) is 5.02 Å². The fourth-order valence-electron chi connectivity index (χ4n) is 2.70. The number of benzene rings is 2. The minimum Gasteiger partial charge on any atom is -0.497 e. The van der Waals surface area contributed by atoms with Crippen LogP contribution in [0.5, 0.6) is 5.75 Å². The van der Waals surface area contributed by atoms with Crippen molar-refractivity contribution in [1.29, 1.82) is 0 Å². The van der Waals surface area contributed by atoms with E-state index >= 15 is 0 Å². The van der Waals surface area contributed by atoms with Crippen LogP contribution in [0, 0.1) is 6.42 Å². The van der Waals surface area contributed by atoms with E-state index in [2.05, 4.69) is 30.7 Å². The molecule has 0 N–H and O–H groups in total. The average molecular weight is 326 g/mol. The van der Waals surface area contributed by atoms with Gasteiger partial charge in [-0.05, 0) is 71.5 Å². The van der Waals surface area contributed by atoms with Gasteiger partial charge in [-0.25, -0.2) is 0 Å². The maximum absolute atomic E-state index is 6.17. The first-order valence-corrected chi connectivity index (χ1v) is 7.82. The molecular formula is C20H18ClO2. The van der Waals surface area contributed by atoms with Crippen molar-refractivity contribution in [2.24, 2.45) is 0 Å². The second kappa shape index (κ2) is 6.93. The van der Waals surface area contributed by atoms with Crippen molar-refractivity contribution < 1.29 is 9.47 Å². The molecule has 0 atom stereocenters. The highest BCUT2D eigenvalue weighted by Gasteiger charge is 2.14. The van der Waals surface area contributed by atoms with Gasteiger partial charge in [-0.2, -0.15) is 0 Å². The van der Waals surface area contributed by atoms with Crippen molar-refractivity contribution in [3.05, 3.63) is 77.4 Å². The van der Waals surface area contributed by atoms with E-state index < -0.39 is 0 Å². The Morgan fingerprint density at radius 3 is 2.57 bits per heavy atom. The summed E-state index contributed by atoms with van der Waals surface area (Å²) in [5, 5.41) is 0.718. The molecule has 2 nitrogen and oxygen atoms in total. The fraction of sp³-hybridized carbons (Fsp3) is 0.150. The molecule has 23 heavy (non-hydrogen) atoms. The van der Waals surface area contributed by atoms with Crippen LogP contribution in [0.1, 0.15) is 12.0 Å². The number of hydrogen-bond acceptors (Lipinski definition) is 2. The maximum atomic E-state index is 6.17. The molecule has 0 unspecified atom stereocenters. The Labute approximate surface area is 142 Å². The zero-order valence-electron chi connectivity index (χ0n) is 13.2. The second-order valence-electron chi connectivity index (χ2n) is 5.27. The quantitative estimate of drug-likeness (QED) is 0.735. The Morgan fingerprint density at radius 2 is 1.83 bits per heavy atom. The normalized spacial score (nSPS) is 14.0. The van der Waals surface area contributed by atoms with Crippen LogP contribution in [-0.4, -0.2) is 14.2 Å². The molecule has 1 aliphatic carbocycles. The van der Waals surface area contributed by atoms with Crippen LogP contribution in [-0.2, 0) is 4.74 Å². The van der Waals surface area contributed by atoms with Gasteiger partial charge in [0.25, 0.3) is 0 Å². The second-order valence-corrected chi connectivity index (χ2v) is 5.71. The standard InChI is InChI=1S/C20H18ClO2/c1-22-17-8-4-6-15(12-17)19-10-9-18(23-2)13-20(19)14-5-3-7-16(21)11-14/h3,5-13H,4H2,1-2H3. The zero-order chi connectivity index (χ0) is 16.2. The van der Waals surface area contributed by atoms with E-state index in [1.54, 1.807) is 14.2 Å². The summed E-state index contributed by atoms with van der Waals surface area (Å²) in [4.78, 5) is 0. The monoisotopic (exact) mass is 325 g/mol. The smallest absolute Gasteiger partial charge is 0.119 e. The molecule has 0 amide bonds. The SMILES string of the molecule is COC1=CC[CH]C(c2ccc(OC)cc2-c2cccc(Cl)c2)=C1. The van der Waals surface area contributed by atoms with Crippen LogP contribution < -0.4 is 4.74 Å². The Balaban J connectivity index is 2.14. The highest BCUT2D eigenvalue weighted by atomic mass is 35.5. The first-order chi connectivity index (χ1) is 11.2. The first-order valence-electron chi connectivity index (χ1n) is 7.44. The molecule has 1 radical (unpaired) electrons. The summed E-state index contributed by atoms with van der Waals surface area (Å²) in [7, 11) is 3.37. The van der Waals surface area contributed by atoms with Crippen molar-refractivity contribution in [2.75, 3.05) is 14.2 Å². The minimum absolute atomic E-state index is 0.718. The lowest BCUT2D eigenvalue weighted by molar-refractivity contribution is 0.305. The van der Waals surface area contributed by atoms with Gasteiger partial charge < -0.3 is 9.47 Å². The molecule has 3 heteroatoms. The third-order valence-electron chi connectivity index (χ3n) is 3.86. The molecule has 117 valence electrons. The molecule has 0 spiro atoms. The van der Waals surface area contributed by atoms with Crippen LogP contribution >= 0.6 is 11.6 Å². The van der Waals surface area contributed by atoms with Gasteiger partial charge in [-0.3, -0.25) is 0 Å². The van der Waals surface area contributed by atoms with E-state index in [1.807, 2.05) is 30.3 Å². The topological polar surface area (TPSA) is 18.5 Å². The van der Waals surface area contributed by atoms with Gasteiger partial charge >= 0.3 is 0 Å². The van der Waals surface area contributed by atoms with E-state index in [0.717, 1.165) is 45.2 Å². The molecule has 2 aromatic rings. The van der Waals surface area contributed by atoms with Gasteiger partial charge in [0.15, 0.2) is 0 Å². The van der Waals surface area contributed by atoms with E-state index in [1.165, 1.54) is 0 Å². The molecule has 3 rings (SSSR count). The number of allylic oxidation sites excluding steroid dienone is 3. The molecule has 0 aliphatic heterocycles. The summed E-state index contributed by atoms with van der Waals surface area (Å²) >= 11 is 6.17. The lowest BCUT2D eigenvalue weighted by Crippen LogP contribution is -1.98. The lowest BCUT2D eigenvalue weighted by Gasteiger charge is -2.18. The van der Waals surface area contributed by atoms with E-state index in [9.17, 15) is 0 Å². The van der Waals surface area contributed by atoms with Crippen LogP contribution in [0.3, 0.4) is 0 Å². The summed E-state index contributed by atoms with van der Waals surface area (Å²) < 4.78 is 10.8. The van der Waals surface area contributed by atoms with E-state index in [-0.39, 0.29) is 0 Å². The van der Waals surface area contributed by atoms with Crippen molar-refractivity contribution >= 4 is 17.2 Å². The molecular weight excluding hydrogens is 308 g/mol. The van der Waals surface area contributed by atoms with Crippen molar-refractivity contribution in [1.82, 2.24) is 0 Å². The fourth-order valence-corrected chi connectivity index (χ4v) is 2.89. The summed E-state index contributed by atoms with van der Waals surface area (Å²) in [5.41, 5.74) is 4.43. The van der Waals surface area contributed by atoms with Crippen molar-refractivity contribution in [2.45, 2.75) is 6.42 Å². The lowest BCUT2D eigenvalue weighted by atomic mass is 9.90. The number of hydrogen-bond donors (Lipinski definition) is 0. The van der Waals surface area contributed by atoms with Crippen molar-refractivity contribution in [3.8, 4) is 16.9 Å². The zero-order valence-corrected chi connectivity index (χ0v) is 13.9. The molecule has 0 fully saturated rings. The van der Waals surface area contributed by atoms with Crippen LogP contribution in [0.2, 0.25) is 5.02 Å². The number of ether oxygens (including phenoxy) is 2.